The number of carbonyl (C=O) groups excluding carboxylic acids is 2. The molecule has 0 unspecified atom stereocenters. The number of carbonyl (C=O) groups is 2. The van der Waals surface area contributed by atoms with Crippen molar-refractivity contribution in [2.45, 2.75) is 45.9 Å². The van der Waals surface area contributed by atoms with Crippen LogP contribution in [0, 0.1) is 5.41 Å². The number of anilines is 1. The number of aliphatic hydroxyl groups excluding tert-OH is 1. The monoisotopic (exact) mass is 440 g/mol. The first-order valence-corrected chi connectivity index (χ1v) is 10.7. The maximum absolute atomic E-state index is 12.6. The lowest BCUT2D eigenvalue weighted by atomic mass is 9.92. The Hall–Kier alpha value is -2.90. The molecule has 0 spiro atoms. The molecule has 172 valence electrons. The van der Waals surface area contributed by atoms with Crippen molar-refractivity contribution in [1.29, 1.82) is 0 Å². The molecule has 1 saturated heterocycles. The summed E-state index contributed by atoms with van der Waals surface area (Å²) in [5.41, 5.74) is 2.39. The van der Waals surface area contributed by atoms with Gasteiger partial charge in [-0.3, -0.25) is 9.59 Å². The highest BCUT2D eigenvalue weighted by Gasteiger charge is 2.37. The lowest BCUT2D eigenvalue weighted by Gasteiger charge is -2.40. The second kappa shape index (κ2) is 10.1. The number of rotatable bonds is 7. The second-order valence-corrected chi connectivity index (χ2v) is 9.26. The molecular formula is C25H32N2O5. The van der Waals surface area contributed by atoms with Gasteiger partial charge >= 0.3 is 0 Å². The summed E-state index contributed by atoms with van der Waals surface area (Å²) >= 11 is 0. The molecule has 1 aliphatic rings. The summed E-state index contributed by atoms with van der Waals surface area (Å²) in [5.74, 6) is 0.541. The molecule has 7 heteroatoms. The Balaban J connectivity index is 1.72. The molecule has 0 bridgehead atoms. The van der Waals surface area contributed by atoms with Gasteiger partial charge in [-0.2, -0.15) is 0 Å². The number of methoxy groups -OCH3 is 1. The van der Waals surface area contributed by atoms with Crippen molar-refractivity contribution in [3.05, 3.63) is 59.7 Å². The van der Waals surface area contributed by atoms with Crippen LogP contribution in [0.5, 0.6) is 5.75 Å². The molecular weight excluding hydrogens is 408 g/mol. The van der Waals surface area contributed by atoms with Crippen LogP contribution in [-0.4, -0.2) is 48.2 Å². The fraction of sp³-hybridized carbons (Fsp3) is 0.440. The third-order valence-electron chi connectivity index (χ3n) is 5.37. The van der Waals surface area contributed by atoms with E-state index in [1.54, 1.807) is 12.0 Å². The van der Waals surface area contributed by atoms with E-state index in [9.17, 15) is 14.7 Å². The standard InChI is InChI=1S/C25H32N2O5/c1-25(2,3)13-22(29)26-19-9-7-18(8-10-19)24-21(15-28)27(23(30)16-32-24)14-17-5-11-20(31-4)12-6-17/h5-12,21,24,28H,13-16H2,1-4H3,(H,26,29)/t21-,24-/m1/s1. The van der Waals surface area contributed by atoms with Crippen molar-refractivity contribution in [2.24, 2.45) is 5.41 Å². The highest BCUT2D eigenvalue weighted by atomic mass is 16.5. The highest BCUT2D eigenvalue weighted by molar-refractivity contribution is 5.91. The zero-order valence-corrected chi connectivity index (χ0v) is 19.1. The van der Waals surface area contributed by atoms with Crippen molar-refractivity contribution in [3.8, 4) is 5.75 Å². The zero-order valence-electron chi connectivity index (χ0n) is 19.1. The number of ether oxygens (including phenoxy) is 2. The Morgan fingerprint density at radius 2 is 1.81 bits per heavy atom. The summed E-state index contributed by atoms with van der Waals surface area (Å²) < 4.78 is 11.0. The van der Waals surface area contributed by atoms with Crippen LogP contribution >= 0.6 is 0 Å². The molecule has 2 amide bonds. The van der Waals surface area contributed by atoms with Crippen LogP contribution in [0.1, 0.15) is 44.4 Å². The van der Waals surface area contributed by atoms with E-state index in [1.165, 1.54) is 0 Å². The van der Waals surface area contributed by atoms with E-state index in [0.29, 0.717) is 18.7 Å². The van der Waals surface area contributed by atoms with Crippen LogP contribution < -0.4 is 10.1 Å². The zero-order chi connectivity index (χ0) is 23.3. The van der Waals surface area contributed by atoms with Crippen LogP contribution in [0.3, 0.4) is 0 Å². The summed E-state index contributed by atoms with van der Waals surface area (Å²) in [5, 5.41) is 13.0. The minimum Gasteiger partial charge on any atom is -0.497 e. The smallest absolute Gasteiger partial charge is 0.249 e. The largest absolute Gasteiger partial charge is 0.497 e. The Kier molecular flexibility index (Phi) is 7.53. The van der Waals surface area contributed by atoms with E-state index in [4.69, 9.17) is 9.47 Å². The number of nitrogens with one attached hydrogen (secondary N) is 1. The van der Waals surface area contributed by atoms with E-state index in [-0.39, 0.29) is 30.4 Å². The average molecular weight is 441 g/mol. The normalized spacial score (nSPS) is 19.0. The van der Waals surface area contributed by atoms with Crippen molar-refractivity contribution >= 4 is 17.5 Å². The van der Waals surface area contributed by atoms with Crippen LogP contribution in [-0.2, 0) is 20.9 Å². The number of aliphatic hydroxyl groups is 1. The number of amides is 2. The van der Waals surface area contributed by atoms with Crippen LogP contribution in [0.25, 0.3) is 0 Å². The highest BCUT2D eigenvalue weighted by Crippen LogP contribution is 2.31. The predicted molar refractivity (Wildman–Crippen MR) is 122 cm³/mol. The molecule has 0 aliphatic carbocycles. The van der Waals surface area contributed by atoms with Gasteiger partial charge in [0.2, 0.25) is 11.8 Å². The molecule has 2 aromatic carbocycles. The summed E-state index contributed by atoms with van der Waals surface area (Å²) in [6.07, 6.45) is -0.0366. The van der Waals surface area contributed by atoms with Gasteiger partial charge in [-0.1, -0.05) is 45.0 Å². The number of hydrogen-bond donors (Lipinski definition) is 2. The van der Waals surface area contributed by atoms with Gasteiger partial charge in [0.15, 0.2) is 0 Å². The van der Waals surface area contributed by atoms with Gasteiger partial charge in [0, 0.05) is 18.7 Å². The van der Waals surface area contributed by atoms with Gasteiger partial charge in [0.1, 0.15) is 18.5 Å². The molecule has 3 rings (SSSR count). The van der Waals surface area contributed by atoms with Gasteiger partial charge in [-0.15, -0.1) is 0 Å². The molecule has 1 heterocycles. The third-order valence-corrected chi connectivity index (χ3v) is 5.37. The molecule has 7 nitrogen and oxygen atoms in total. The minimum atomic E-state index is -0.514. The first-order valence-electron chi connectivity index (χ1n) is 10.7. The maximum Gasteiger partial charge on any atom is 0.249 e. The molecule has 2 aromatic rings. The molecule has 0 aromatic heterocycles. The van der Waals surface area contributed by atoms with E-state index in [1.807, 2.05) is 69.3 Å². The Morgan fingerprint density at radius 3 is 2.38 bits per heavy atom. The SMILES string of the molecule is COc1ccc(CN2C(=O)CO[C@H](c3ccc(NC(=O)CC(C)(C)C)cc3)[C@H]2CO)cc1. The third kappa shape index (κ3) is 6.08. The molecule has 2 atom stereocenters. The van der Waals surface area contributed by atoms with Crippen molar-refractivity contribution in [3.63, 3.8) is 0 Å². The quantitative estimate of drug-likeness (QED) is 0.688. The van der Waals surface area contributed by atoms with Crippen LogP contribution in [0.4, 0.5) is 5.69 Å². The fourth-order valence-corrected chi connectivity index (χ4v) is 3.79. The lowest BCUT2D eigenvalue weighted by molar-refractivity contribution is -0.162. The first-order chi connectivity index (χ1) is 15.2. The van der Waals surface area contributed by atoms with E-state index < -0.39 is 12.1 Å². The van der Waals surface area contributed by atoms with Crippen LogP contribution in [0.2, 0.25) is 0 Å². The fourth-order valence-electron chi connectivity index (χ4n) is 3.79. The number of nitrogens with zero attached hydrogens (tertiary/aromatic N) is 1. The number of morpholine rings is 1. The van der Waals surface area contributed by atoms with Crippen molar-refractivity contribution in [2.75, 3.05) is 25.6 Å². The van der Waals surface area contributed by atoms with Crippen molar-refractivity contribution < 1.29 is 24.2 Å². The molecule has 0 radical (unpaired) electrons. The summed E-state index contributed by atoms with van der Waals surface area (Å²) in [6.45, 7) is 6.14. The second-order valence-electron chi connectivity index (χ2n) is 9.26. The molecule has 0 saturated carbocycles. The van der Waals surface area contributed by atoms with Crippen LogP contribution in [0.15, 0.2) is 48.5 Å². The Bertz CT molecular complexity index is 919. The summed E-state index contributed by atoms with van der Waals surface area (Å²) in [7, 11) is 1.61. The summed E-state index contributed by atoms with van der Waals surface area (Å²) in [4.78, 5) is 26.4. The number of hydrogen-bond acceptors (Lipinski definition) is 5. The van der Waals surface area contributed by atoms with Gasteiger partial charge < -0.3 is 24.8 Å². The minimum absolute atomic E-state index is 0.0383. The van der Waals surface area contributed by atoms with Crippen molar-refractivity contribution in [1.82, 2.24) is 4.90 Å². The Labute approximate surface area is 189 Å². The van der Waals surface area contributed by atoms with Gasteiger partial charge in [-0.05, 0) is 40.8 Å². The number of benzene rings is 2. The van der Waals surface area contributed by atoms with Gasteiger partial charge in [0.25, 0.3) is 0 Å². The van der Waals surface area contributed by atoms with E-state index in [2.05, 4.69) is 5.32 Å². The summed E-state index contributed by atoms with van der Waals surface area (Å²) in [6, 6.07) is 14.3. The molecule has 2 N–H and O–H groups in total. The van der Waals surface area contributed by atoms with E-state index >= 15 is 0 Å². The predicted octanol–water partition coefficient (Wildman–Crippen LogP) is 3.53. The van der Waals surface area contributed by atoms with Gasteiger partial charge in [0.05, 0.1) is 19.8 Å². The van der Waals surface area contributed by atoms with Gasteiger partial charge in [-0.25, -0.2) is 0 Å². The lowest BCUT2D eigenvalue weighted by Crippen LogP contribution is -2.52. The topological polar surface area (TPSA) is 88.1 Å². The molecule has 32 heavy (non-hydrogen) atoms. The average Bonchev–Trinajstić information content (AvgIpc) is 2.75. The first kappa shape index (κ1) is 23.8. The maximum atomic E-state index is 12.6. The van der Waals surface area contributed by atoms with E-state index in [0.717, 1.165) is 16.9 Å². The Morgan fingerprint density at radius 1 is 1.16 bits per heavy atom. The molecule has 1 aliphatic heterocycles. The molecule has 1 fully saturated rings.